The van der Waals surface area contributed by atoms with Crippen molar-refractivity contribution < 1.29 is 19.0 Å². The lowest BCUT2D eigenvalue weighted by Gasteiger charge is -2.10. The minimum Gasteiger partial charge on any atom is -0.478 e. The quantitative estimate of drug-likeness (QED) is 0.837. The molecule has 0 spiro atoms. The zero-order valence-corrected chi connectivity index (χ0v) is 10.1. The van der Waals surface area contributed by atoms with Gasteiger partial charge in [0.1, 0.15) is 11.3 Å². The molecular formula is C14H9FN2O3. The lowest BCUT2D eigenvalue weighted by molar-refractivity contribution is 0.0694. The summed E-state index contributed by atoms with van der Waals surface area (Å²) in [5.74, 6) is -2.19. The number of nitrogens with zero attached hydrogens (tertiary/aromatic N) is 1. The summed E-state index contributed by atoms with van der Waals surface area (Å²) >= 11 is 0. The van der Waals surface area contributed by atoms with Crippen molar-refractivity contribution in [3.8, 4) is 17.6 Å². The number of nitriles is 1. The van der Waals surface area contributed by atoms with E-state index in [0.29, 0.717) is 0 Å². The highest BCUT2D eigenvalue weighted by Crippen LogP contribution is 2.29. The van der Waals surface area contributed by atoms with E-state index in [1.807, 2.05) is 0 Å². The minimum atomic E-state index is -1.23. The number of halogens is 1. The number of anilines is 1. The maximum Gasteiger partial charge on any atom is 0.339 e. The van der Waals surface area contributed by atoms with E-state index in [0.717, 1.165) is 6.07 Å². The molecule has 3 N–H and O–H groups in total. The minimum absolute atomic E-state index is 0.0321. The molecule has 2 rings (SSSR count). The number of carbonyl (C=O) groups is 1. The number of benzene rings is 2. The van der Waals surface area contributed by atoms with Gasteiger partial charge in [-0.1, -0.05) is 0 Å². The maximum absolute atomic E-state index is 13.7. The number of nitrogens with two attached hydrogens (primary N) is 1. The normalized spacial score (nSPS) is 9.80. The molecule has 2 aromatic carbocycles. The Morgan fingerprint density at radius 1 is 1.25 bits per heavy atom. The molecule has 20 heavy (non-hydrogen) atoms. The summed E-state index contributed by atoms with van der Waals surface area (Å²) in [6.07, 6.45) is 0. The van der Waals surface area contributed by atoms with Crippen molar-refractivity contribution in [3.05, 3.63) is 53.3 Å². The smallest absolute Gasteiger partial charge is 0.339 e. The first-order chi connectivity index (χ1) is 9.51. The van der Waals surface area contributed by atoms with Crippen LogP contribution in [0.15, 0.2) is 36.4 Å². The van der Waals surface area contributed by atoms with Crippen LogP contribution >= 0.6 is 0 Å². The van der Waals surface area contributed by atoms with Crippen LogP contribution < -0.4 is 10.5 Å². The first kappa shape index (κ1) is 13.4. The summed E-state index contributed by atoms with van der Waals surface area (Å²) in [5, 5.41) is 17.7. The van der Waals surface area contributed by atoms with Gasteiger partial charge in [0.2, 0.25) is 0 Å². The van der Waals surface area contributed by atoms with Crippen LogP contribution in [0.3, 0.4) is 0 Å². The Balaban J connectivity index is 2.40. The predicted octanol–water partition coefficient (Wildman–Crippen LogP) is 2.77. The molecule has 0 aromatic heterocycles. The Kier molecular flexibility index (Phi) is 3.53. The third-order valence-corrected chi connectivity index (χ3v) is 2.51. The van der Waals surface area contributed by atoms with Gasteiger partial charge in [-0.15, -0.1) is 0 Å². The Morgan fingerprint density at radius 3 is 2.55 bits per heavy atom. The summed E-state index contributed by atoms with van der Waals surface area (Å²) in [6, 6.07) is 9.44. The molecule has 5 nitrogen and oxygen atoms in total. The third kappa shape index (κ3) is 2.67. The fourth-order valence-electron chi connectivity index (χ4n) is 1.58. The van der Waals surface area contributed by atoms with Gasteiger partial charge in [-0.2, -0.15) is 5.26 Å². The first-order valence-corrected chi connectivity index (χ1v) is 5.51. The number of hydrogen-bond acceptors (Lipinski definition) is 4. The number of aromatic carboxylic acids is 1. The molecule has 0 radical (unpaired) electrons. The van der Waals surface area contributed by atoms with E-state index in [2.05, 4.69) is 0 Å². The zero-order chi connectivity index (χ0) is 14.7. The van der Waals surface area contributed by atoms with E-state index in [1.165, 1.54) is 30.3 Å². The van der Waals surface area contributed by atoms with Crippen molar-refractivity contribution >= 4 is 11.7 Å². The Labute approximate surface area is 113 Å². The van der Waals surface area contributed by atoms with E-state index >= 15 is 0 Å². The fourth-order valence-corrected chi connectivity index (χ4v) is 1.58. The zero-order valence-electron chi connectivity index (χ0n) is 10.1. The molecule has 6 heteroatoms. The lowest BCUT2D eigenvalue weighted by Crippen LogP contribution is -2.02. The van der Waals surface area contributed by atoms with E-state index in [4.69, 9.17) is 20.8 Å². The highest BCUT2D eigenvalue weighted by Gasteiger charge is 2.14. The SMILES string of the molecule is N#Cc1ccc(Oc2ccc(N)cc2C(=O)O)c(F)c1. The number of hydrogen-bond donors (Lipinski definition) is 2. The number of carboxylic acid groups (broad SMARTS) is 1. The van der Waals surface area contributed by atoms with Gasteiger partial charge in [-0.05, 0) is 36.4 Å². The van der Waals surface area contributed by atoms with Gasteiger partial charge in [-0.3, -0.25) is 0 Å². The van der Waals surface area contributed by atoms with Gasteiger partial charge in [0, 0.05) is 5.69 Å². The molecule has 0 unspecified atom stereocenters. The molecule has 0 amide bonds. The Bertz CT molecular complexity index is 723. The van der Waals surface area contributed by atoms with Crippen molar-refractivity contribution in [2.75, 3.05) is 5.73 Å². The lowest BCUT2D eigenvalue weighted by atomic mass is 10.1. The molecule has 2 aromatic rings. The average molecular weight is 272 g/mol. The molecule has 0 saturated carbocycles. The van der Waals surface area contributed by atoms with Crippen LogP contribution in [0, 0.1) is 17.1 Å². The van der Waals surface area contributed by atoms with Crippen LogP contribution in [0.5, 0.6) is 11.5 Å². The monoisotopic (exact) mass is 272 g/mol. The summed E-state index contributed by atoms with van der Waals surface area (Å²) in [4.78, 5) is 11.1. The van der Waals surface area contributed by atoms with Crippen LogP contribution in [0.2, 0.25) is 0 Å². The van der Waals surface area contributed by atoms with E-state index < -0.39 is 11.8 Å². The highest BCUT2D eigenvalue weighted by atomic mass is 19.1. The second-order valence-electron chi connectivity index (χ2n) is 3.92. The van der Waals surface area contributed by atoms with Crippen molar-refractivity contribution in [3.63, 3.8) is 0 Å². The highest BCUT2D eigenvalue weighted by molar-refractivity contribution is 5.92. The average Bonchev–Trinajstić information content (AvgIpc) is 2.42. The van der Waals surface area contributed by atoms with E-state index in [-0.39, 0.29) is 28.3 Å². The number of nitrogen functional groups attached to an aromatic ring is 1. The summed E-state index contributed by atoms with van der Waals surface area (Å²) in [7, 11) is 0. The van der Waals surface area contributed by atoms with Crippen LogP contribution in [0.4, 0.5) is 10.1 Å². The van der Waals surface area contributed by atoms with Crippen molar-refractivity contribution in [2.45, 2.75) is 0 Å². The van der Waals surface area contributed by atoms with Crippen molar-refractivity contribution in [1.82, 2.24) is 0 Å². The van der Waals surface area contributed by atoms with Crippen LogP contribution in [-0.4, -0.2) is 11.1 Å². The second-order valence-corrected chi connectivity index (χ2v) is 3.92. The first-order valence-electron chi connectivity index (χ1n) is 5.51. The molecule has 0 aliphatic heterocycles. The van der Waals surface area contributed by atoms with Crippen LogP contribution in [0.25, 0.3) is 0 Å². The topological polar surface area (TPSA) is 96.3 Å². The van der Waals surface area contributed by atoms with Crippen LogP contribution in [0.1, 0.15) is 15.9 Å². The summed E-state index contributed by atoms with van der Waals surface area (Å²) < 4.78 is 18.9. The molecule has 0 saturated heterocycles. The van der Waals surface area contributed by atoms with Crippen LogP contribution in [-0.2, 0) is 0 Å². The Hall–Kier alpha value is -3.07. The molecule has 0 bridgehead atoms. The van der Waals surface area contributed by atoms with Gasteiger partial charge in [0.25, 0.3) is 0 Å². The number of carboxylic acids is 1. The fraction of sp³-hybridized carbons (Fsp3) is 0. The predicted molar refractivity (Wildman–Crippen MR) is 69.0 cm³/mol. The third-order valence-electron chi connectivity index (χ3n) is 2.51. The summed E-state index contributed by atoms with van der Waals surface area (Å²) in [6.45, 7) is 0. The van der Waals surface area contributed by atoms with Gasteiger partial charge in [-0.25, -0.2) is 9.18 Å². The van der Waals surface area contributed by atoms with Gasteiger partial charge < -0.3 is 15.6 Å². The van der Waals surface area contributed by atoms with E-state index in [9.17, 15) is 9.18 Å². The summed E-state index contributed by atoms with van der Waals surface area (Å²) in [5.41, 5.74) is 5.73. The van der Waals surface area contributed by atoms with Gasteiger partial charge in [0.15, 0.2) is 11.6 Å². The second kappa shape index (κ2) is 5.28. The number of ether oxygens (including phenoxy) is 1. The molecule has 100 valence electrons. The molecule has 0 aliphatic carbocycles. The largest absolute Gasteiger partial charge is 0.478 e. The van der Waals surface area contributed by atoms with Gasteiger partial charge >= 0.3 is 5.97 Å². The molecule has 0 atom stereocenters. The van der Waals surface area contributed by atoms with Gasteiger partial charge in [0.05, 0.1) is 11.6 Å². The molecule has 0 heterocycles. The number of rotatable bonds is 3. The molecule has 0 fully saturated rings. The van der Waals surface area contributed by atoms with Crippen molar-refractivity contribution in [2.24, 2.45) is 0 Å². The molecule has 0 aliphatic rings. The Morgan fingerprint density at radius 2 is 1.95 bits per heavy atom. The standard InChI is InChI=1S/C14H9FN2O3/c15-11-5-8(7-16)1-3-13(11)20-12-4-2-9(17)6-10(12)14(18)19/h1-6H,17H2,(H,18,19). The van der Waals surface area contributed by atoms with Crippen molar-refractivity contribution in [1.29, 1.82) is 5.26 Å². The van der Waals surface area contributed by atoms with E-state index in [1.54, 1.807) is 6.07 Å². The maximum atomic E-state index is 13.7. The molecular weight excluding hydrogens is 263 g/mol.